The molecule has 22 heavy (non-hydrogen) atoms. The quantitative estimate of drug-likeness (QED) is 0.777. The van der Waals surface area contributed by atoms with Crippen molar-refractivity contribution in [3.05, 3.63) is 12.3 Å². The predicted octanol–water partition coefficient (Wildman–Crippen LogP) is -0.238. The molecule has 0 radical (unpaired) electrons. The zero-order chi connectivity index (χ0) is 16.4. The minimum absolute atomic E-state index is 0.0770. The molecule has 2 rings (SSSR count). The van der Waals surface area contributed by atoms with E-state index >= 15 is 0 Å². The maximum absolute atomic E-state index is 12.3. The standard InChI is InChI=1S/C13H23N5O3S/c1-4-22(20,21)18-9-6-13(7-10-18,12(19)14-2)15-11-5-8-17(3)16-11/h5,8H,4,6-7,9-10H2,1-3H3,(H,14,19)(H,15,16). The number of amides is 1. The molecule has 0 aromatic carbocycles. The smallest absolute Gasteiger partial charge is 0.245 e. The summed E-state index contributed by atoms with van der Waals surface area (Å²) >= 11 is 0. The molecule has 1 fully saturated rings. The van der Waals surface area contributed by atoms with Gasteiger partial charge in [-0.2, -0.15) is 5.10 Å². The van der Waals surface area contributed by atoms with Gasteiger partial charge in [0, 0.05) is 39.4 Å². The van der Waals surface area contributed by atoms with Crippen LogP contribution < -0.4 is 10.6 Å². The highest BCUT2D eigenvalue weighted by atomic mass is 32.2. The van der Waals surface area contributed by atoms with E-state index in [9.17, 15) is 13.2 Å². The van der Waals surface area contributed by atoms with Crippen LogP contribution >= 0.6 is 0 Å². The largest absolute Gasteiger partial charge is 0.357 e. The summed E-state index contributed by atoms with van der Waals surface area (Å²) in [4.78, 5) is 12.3. The molecule has 1 saturated heterocycles. The van der Waals surface area contributed by atoms with Gasteiger partial charge in [0.15, 0.2) is 0 Å². The molecule has 0 aliphatic carbocycles. The first-order valence-corrected chi connectivity index (χ1v) is 8.92. The molecule has 0 unspecified atom stereocenters. The number of rotatable bonds is 5. The molecule has 1 aliphatic heterocycles. The second-order valence-electron chi connectivity index (χ2n) is 5.46. The molecule has 0 spiro atoms. The number of carbonyl (C=O) groups excluding carboxylic acids is 1. The number of piperidine rings is 1. The number of hydrogen-bond donors (Lipinski definition) is 2. The lowest BCUT2D eigenvalue weighted by molar-refractivity contribution is -0.126. The zero-order valence-corrected chi connectivity index (χ0v) is 14.0. The van der Waals surface area contributed by atoms with Crippen molar-refractivity contribution in [3.63, 3.8) is 0 Å². The topological polar surface area (TPSA) is 96.3 Å². The lowest BCUT2D eigenvalue weighted by Gasteiger charge is -2.40. The molecular weight excluding hydrogens is 306 g/mol. The molecule has 8 nitrogen and oxygen atoms in total. The van der Waals surface area contributed by atoms with Crippen molar-refractivity contribution in [2.45, 2.75) is 25.3 Å². The van der Waals surface area contributed by atoms with Gasteiger partial charge in [-0.25, -0.2) is 12.7 Å². The lowest BCUT2D eigenvalue weighted by Crippen LogP contribution is -2.58. The monoisotopic (exact) mass is 329 g/mol. The van der Waals surface area contributed by atoms with Gasteiger partial charge in [-0.3, -0.25) is 9.48 Å². The molecule has 1 amide bonds. The minimum atomic E-state index is -3.22. The predicted molar refractivity (Wildman–Crippen MR) is 83.9 cm³/mol. The lowest BCUT2D eigenvalue weighted by atomic mass is 9.87. The molecule has 0 atom stereocenters. The van der Waals surface area contributed by atoms with Gasteiger partial charge in [-0.1, -0.05) is 0 Å². The van der Waals surface area contributed by atoms with Crippen LogP contribution in [0.3, 0.4) is 0 Å². The van der Waals surface area contributed by atoms with E-state index in [-0.39, 0.29) is 11.7 Å². The Hall–Kier alpha value is -1.61. The molecule has 2 heterocycles. The van der Waals surface area contributed by atoms with E-state index in [1.165, 1.54) is 4.31 Å². The summed E-state index contributed by atoms with van der Waals surface area (Å²) in [6.45, 7) is 2.27. The van der Waals surface area contributed by atoms with Gasteiger partial charge in [-0.15, -0.1) is 0 Å². The second-order valence-corrected chi connectivity index (χ2v) is 7.72. The Morgan fingerprint density at radius 3 is 2.50 bits per heavy atom. The summed E-state index contributed by atoms with van der Waals surface area (Å²) in [5.41, 5.74) is -0.830. The van der Waals surface area contributed by atoms with Gasteiger partial charge in [-0.05, 0) is 19.8 Å². The van der Waals surface area contributed by atoms with Crippen LogP contribution in [0.2, 0.25) is 0 Å². The van der Waals surface area contributed by atoms with Crippen molar-refractivity contribution in [1.82, 2.24) is 19.4 Å². The summed E-state index contributed by atoms with van der Waals surface area (Å²) in [5, 5.41) is 10.1. The van der Waals surface area contributed by atoms with E-state index in [0.29, 0.717) is 31.7 Å². The number of nitrogens with one attached hydrogen (secondary N) is 2. The summed E-state index contributed by atoms with van der Waals surface area (Å²) in [6, 6.07) is 1.79. The van der Waals surface area contributed by atoms with E-state index in [1.807, 2.05) is 0 Å². The van der Waals surface area contributed by atoms with Crippen molar-refractivity contribution < 1.29 is 13.2 Å². The van der Waals surface area contributed by atoms with Gasteiger partial charge in [0.05, 0.1) is 5.75 Å². The molecule has 1 aliphatic rings. The van der Waals surface area contributed by atoms with Crippen LogP contribution in [-0.2, 0) is 21.9 Å². The number of nitrogens with zero attached hydrogens (tertiary/aromatic N) is 3. The van der Waals surface area contributed by atoms with Crippen LogP contribution in [0.4, 0.5) is 5.82 Å². The van der Waals surface area contributed by atoms with Crippen LogP contribution in [-0.4, -0.2) is 59.8 Å². The average molecular weight is 329 g/mol. The van der Waals surface area contributed by atoms with Gasteiger partial charge in [0.25, 0.3) is 0 Å². The van der Waals surface area contributed by atoms with Crippen LogP contribution in [0.15, 0.2) is 12.3 Å². The number of aryl methyl sites for hydroxylation is 1. The Morgan fingerprint density at radius 1 is 1.41 bits per heavy atom. The van der Waals surface area contributed by atoms with Crippen LogP contribution in [0, 0.1) is 0 Å². The average Bonchev–Trinajstić information content (AvgIpc) is 2.91. The van der Waals surface area contributed by atoms with Crippen LogP contribution in [0.25, 0.3) is 0 Å². The van der Waals surface area contributed by atoms with Crippen molar-refractivity contribution in [2.24, 2.45) is 7.05 Å². The van der Waals surface area contributed by atoms with E-state index in [2.05, 4.69) is 15.7 Å². The Bertz CT molecular complexity index is 632. The maximum Gasteiger partial charge on any atom is 0.245 e. The van der Waals surface area contributed by atoms with Crippen LogP contribution in [0.1, 0.15) is 19.8 Å². The first-order valence-electron chi connectivity index (χ1n) is 7.31. The van der Waals surface area contributed by atoms with E-state index < -0.39 is 15.6 Å². The highest BCUT2D eigenvalue weighted by Crippen LogP contribution is 2.28. The first kappa shape index (κ1) is 16.8. The fourth-order valence-corrected chi connectivity index (χ4v) is 3.81. The van der Waals surface area contributed by atoms with E-state index in [4.69, 9.17) is 0 Å². The van der Waals surface area contributed by atoms with Crippen molar-refractivity contribution in [1.29, 1.82) is 0 Å². The highest BCUT2D eigenvalue weighted by molar-refractivity contribution is 7.89. The third kappa shape index (κ3) is 3.25. The van der Waals surface area contributed by atoms with Crippen LogP contribution in [0.5, 0.6) is 0 Å². The fourth-order valence-electron chi connectivity index (χ4n) is 2.70. The molecule has 0 saturated carbocycles. The number of likely N-dealkylation sites (N-methyl/N-ethyl adjacent to an activating group) is 1. The Kier molecular flexibility index (Phi) is 4.76. The summed E-state index contributed by atoms with van der Waals surface area (Å²) in [7, 11) is 0.164. The van der Waals surface area contributed by atoms with E-state index in [1.54, 1.807) is 38.0 Å². The molecule has 1 aromatic rings. The normalized spacial score (nSPS) is 18.9. The maximum atomic E-state index is 12.3. The second kappa shape index (κ2) is 6.25. The number of sulfonamides is 1. The third-order valence-corrected chi connectivity index (χ3v) is 5.96. The van der Waals surface area contributed by atoms with Gasteiger partial charge in [0.1, 0.15) is 11.4 Å². The summed E-state index contributed by atoms with van der Waals surface area (Å²) < 4.78 is 27.0. The Balaban J connectivity index is 2.18. The molecule has 2 N–H and O–H groups in total. The fraction of sp³-hybridized carbons (Fsp3) is 0.692. The Morgan fingerprint density at radius 2 is 2.05 bits per heavy atom. The number of hydrogen-bond acceptors (Lipinski definition) is 5. The summed E-state index contributed by atoms with van der Waals surface area (Å²) in [6.07, 6.45) is 2.60. The Labute approximate surface area is 130 Å². The summed E-state index contributed by atoms with van der Waals surface area (Å²) in [5.74, 6) is 0.540. The first-order chi connectivity index (χ1) is 10.3. The number of anilines is 1. The SMILES string of the molecule is CCS(=O)(=O)N1CCC(Nc2ccn(C)n2)(C(=O)NC)CC1. The molecular formula is C13H23N5O3S. The zero-order valence-electron chi connectivity index (χ0n) is 13.2. The molecule has 124 valence electrons. The molecule has 9 heteroatoms. The minimum Gasteiger partial charge on any atom is -0.357 e. The van der Waals surface area contributed by atoms with Gasteiger partial charge in [0.2, 0.25) is 15.9 Å². The van der Waals surface area contributed by atoms with Crippen molar-refractivity contribution in [3.8, 4) is 0 Å². The van der Waals surface area contributed by atoms with Gasteiger partial charge >= 0.3 is 0 Å². The molecule has 0 bridgehead atoms. The van der Waals surface area contributed by atoms with Crippen molar-refractivity contribution in [2.75, 3.05) is 31.2 Å². The highest BCUT2D eigenvalue weighted by Gasteiger charge is 2.43. The molecule has 1 aromatic heterocycles. The van der Waals surface area contributed by atoms with E-state index in [0.717, 1.165) is 0 Å². The van der Waals surface area contributed by atoms with Gasteiger partial charge < -0.3 is 10.6 Å². The number of carbonyl (C=O) groups is 1. The number of aromatic nitrogens is 2. The van der Waals surface area contributed by atoms with Crippen molar-refractivity contribution >= 4 is 21.7 Å². The third-order valence-electron chi connectivity index (χ3n) is 4.08.